The Morgan fingerprint density at radius 3 is 2.43 bits per heavy atom. The normalized spacial score (nSPS) is 12.2. The van der Waals surface area contributed by atoms with Crippen LogP contribution in [-0.2, 0) is 0 Å². The van der Waals surface area contributed by atoms with Gasteiger partial charge < -0.3 is 14.6 Å². The van der Waals surface area contributed by atoms with E-state index < -0.39 is 0 Å². The van der Waals surface area contributed by atoms with Crippen molar-refractivity contribution in [1.82, 2.24) is 4.90 Å². The van der Waals surface area contributed by atoms with Gasteiger partial charge in [-0.1, -0.05) is 31.5 Å². The largest absolute Gasteiger partial charge is 0.467 e. The molecule has 23 heavy (non-hydrogen) atoms. The highest BCUT2D eigenvalue weighted by atomic mass is 32.1. The molecule has 0 amide bonds. The SMILES string of the molecule is Cc1ccc(NC(=S)N(CCC(C)C)[C@H](C)c2ccco2)cc1. The summed E-state index contributed by atoms with van der Waals surface area (Å²) in [6, 6.07) is 12.3. The fourth-order valence-electron chi connectivity index (χ4n) is 2.38. The van der Waals surface area contributed by atoms with Gasteiger partial charge in [0.05, 0.1) is 12.3 Å². The first-order valence-electron chi connectivity index (χ1n) is 8.15. The second-order valence-corrected chi connectivity index (χ2v) is 6.75. The molecule has 0 fully saturated rings. The number of furan rings is 1. The molecule has 1 atom stereocenters. The van der Waals surface area contributed by atoms with Crippen molar-refractivity contribution in [2.24, 2.45) is 5.92 Å². The van der Waals surface area contributed by atoms with E-state index in [1.54, 1.807) is 6.26 Å². The summed E-state index contributed by atoms with van der Waals surface area (Å²) < 4.78 is 5.57. The predicted molar refractivity (Wildman–Crippen MR) is 101 cm³/mol. The third kappa shape index (κ3) is 5.10. The number of nitrogens with one attached hydrogen (secondary N) is 1. The molecule has 1 N–H and O–H groups in total. The van der Waals surface area contributed by atoms with Gasteiger partial charge in [-0.2, -0.15) is 0 Å². The highest BCUT2D eigenvalue weighted by molar-refractivity contribution is 7.80. The zero-order valence-corrected chi connectivity index (χ0v) is 15.2. The van der Waals surface area contributed by atoms with E-state index in [2.05, 4.69) is 62.2 Å². The van der Waals surface area contributed by atoms with E-state index in [0.29, 0.717) is 5.92 Å². The number of hydrogen-bond donors (Lipinski definition) is 1. The summed E-state index contributed by atoms with van der Waals surface area (Å²) in [5, 5.41) is 4.09. The molecule has 1 aromatic heterocycles. The Hall–Kier alpha value is -1.81. The monoisotopic (exact) mass is 330 g/mol. The number of hydrogen-bond acceptors (Lipinski definition) is 2. The molecule has 1 heterocycles. The molecule has 0 unspecified atom stereocenters. The highest BCUT2D eigenvalue weighted by Gasteiger charge is 2.21. The van der Waals surface area contributed by atoms with Crippen LogP contribution in [0.25, 0.3) is 0 Å². The summed E-state index contributed by atoms with van der Waals surface area (Å²) in [4.78, 5) is 2.20. The second-order valence-electron chi connectivity index (χ2n) is 6.36. The molecule has 1 aromatic carbocycles. The summed E-state index contributed by atoms with van der Waals surface area (Å²) in [6.45, 7) is 9.56. The maximum atomic E-state index is 5.67. The summed E-state index contributed by atoms with van der Waals surface area (Å²) in [5.41, 5.74) is 2.25. The van der Waals surface area contributed by atoms with Crippen LogP contribution in [0.2, 0.25) is 0 Å². The molecular weight excluding hydrogens is 304 g/mol. The van der Waals surface area contributed by atoms with E-state index in [1.807, 2.05) is 12.1 Å². The summed E-state index contributed by atoms with van der Waals surface area (Å²) in [7, 11) is 0. The van der Waals surface area contributed by atoms with E-state index in [4.69, 9.17) is 16.6 Å². The minimum absolute atomic E-state index is 0.106. The number of aryl methyl sites for hydroxylation is 1. The van der Waals surface area contributed by atoms with Crippen molar-refractivity contribution in [3.05, 3.63) is 54.0 Å². The Balaban J connectivity index is 2.11. The molecule has 124 valence electrons. The number of thiocarbonyl (C=S) groups is 1. The Morgan fingerprint density at radius 2 is 1.87 bits per heavy atom. The fourth-order valence-corrected chi connectivity index (χ4v) is 2.75. The van der Waals surface area contributed by atoms with Crippen molar-refractivity contribution in [2.75, 3.05) is 11.9 Å². The van der Waals surface area contributed by atoms with Crippen molar-refractivity contribution < 1.29 is 4.42 Å². The molecule has 2 aromatic rings. The highest BCUT2D eigenvalue weighted by Crippen LogP contribution is 2.23. The van der Waals surface area contributed by atoms with Crippen molar-refractivity contribution in [2.45, 2.75) is 40.2 Å². The molecule has 0 aliphatic rings. The summed E-state index contributed by atoms with van der Waals surface area (Å²) in [6.07, 6.45) is 2.80. The number of nitrogens with zero attached hydrogens (tertiary/aromatic N) is 1. The summed E-state index contributed by atoms with van der Waals surface area (Å²) in [5.74, 6) is 1.56. The maximum Gasteiger partial charge on any atom is 0.174 e. The standard InChI is InChI=1S/C19H26N2OS/c1-14(2)11-12-21(16(4)18-6-5-13-22-18)19(23)20-17-9-7-15(3)8-10-17/h5-10,13-14,16H,11-12H2,1-4H3,(H,20,23)/t16-/m1/s1. The molecule has 0 bridgehead atoms. The van der Waals surface area contributed by atoms with Crippen LogP contribution in [0.5, 0.6) is 0 Å². The molecular formula is C19H26N2OS. The van der Waals surface area contributed by atoms with Gasteiger partial charge >= 0.3 is 0 Å². The Bertz CT molecular complexity index is 605. The quantitative estimate of drug-likeness (QED) is 0.718. The van der Waals surface area contributed by atoms with E-state index in [1.165, 1.54) is 5.56 Å². The van der Waals surface area contributed by atoms with Crippen LogP contribution < -0.4 is 5.32 Å². The molecule has 2 rings (SSSR count). The van der Waals surface area contributed by atoms with Crippen LogP contribution in [-0.4, -0.2) is 16.6 Å². The van der Waals surface area contributed by atoms with Crippen LogP contribution >= 0.6 is 12.2 Å². The van der Waals surface area contributed by atoms with E-state index in [0.717, 1.165) is 29.5 Å². The van der Waals surface area contributed by atoms with Gasteiger partial charge in [0.1, 0.15) is 5.76 Å². The second kappa shape index (κ2) is 8.16. The van der Waals surface area contributed by atoms with Crippen molar-refractivity contribution in [3.63, 3.8) is 0 Å². The van der Waals surface area contributed by atoms with Gasteiger partial charge in [-0.05, 0) is 62.7 Å². The fraction of sp³-hybridized carbons (Fsp3) is 0.421. The molecule has 0 spiro atoms. The lowest BCUT2D eigenvalue weighted by atomic mass is 10.1. The molecule has 0 aliphatic heterocycles. The summed E-state index contributed by atoms with van der Waals surface area (Å²) >= 11 is 5.67. The molecule has 0 radical (unpaired) electrons. The number of anilines is 1. The first-order valence-corrected chi connectivity index (χ1v) is 8.56. The lowest BCUT2D eigenvalue weighted by molar-refractivity contribution is 0.281. The topological polar surface area (TPSA) is 28.4 Å². The first kappa shape index (κ1) is 17.5. The van der Waals surface area contributed by atoms with Gasteiger partial charge in [-0.15, -0.1) is 0 Å². The smallest absolute Gasteiger partial charge is 0.174 e. The van der Waals surface area contributed by atoms with Gasteiger partial charge in [0.15, 0.2) is 5.11 Å². The third-order valence-electron chi connectivity index (χ3n) is 3.93. The Kier molecular flexibility index (Phi) is 6.22. The zero-order chi connectivity index (χ0) is 16.8. The maximum absolute atomic E-state index is 5.67. The Labute approximate surface area is 144 Å². The molecule has 0 saturated heterocycles. The number of benzene rings is 1. The van der Waals surface area contributed by atoms with Gasteiger partial charge in [0.2, 0.25) is 0 Å². The van der Waals surface area contributed by atoms with E-state index in [-0.39, 0.29) is 6.04 Å². The third-order valence-corrected chi connectivity index (χ3v) is 4.27. The van der Waals surface area contributed by atoms with Crippen molar-refractivity contribution in [1.29, 1.82) is 0 Å². The molecule has 0 saturated carbocycles. The molecule has 3 nitrogen and oxygen atoms in total. The minimum atomic E-state index is 0.106. The van der Waals surface area contributed by atoms with Crippen LogP contribution in [0, 0.1) is 12.8 Å². The average Bonchev–Trinajstić information content (AvgIpc) is 3.03. The van der Waals surface area contributed by atoms with Crippen LogP contribution in [0.3, 0.4) is 0 Å². The average molecular weight is 330 g/mol. The zero-order valence-electron chi connectivity index (χ0n) is 14.4. The van der Waals surface area contributed by atoms with E-state index >= 15 is 0 Å². The van der Waals surface area contributed by atoms with Gasteiger partial charge in [-0.25, -0.2) is 0 Å². The van der Waals surface area contributed by atoms with Crippen LogP contribution in [0.15, 0.2) is 47.1 Å². The van der Waals surface area contributed by atoms with E-state index in [9.17, 15) is 0 Å². The van der Waals surface area contributed by atoms with Crippen LogP contribution in [0.4, 0.5) is 5.69 Å². The van der Waals surface area contributed by atoms with Crippen molar-refractivity contribution in [3.8, 4) is 0 Å². The van der Waals surface area contributed by atoms with Gasteiger partial charge in [0, 0.05) is 12.2 Å². The number of rotatable bonds is 6. The first-order chi connectivity index (χ1) is 11.0. The minimum Gasteiger partial charge on any atom is -0.467 e. The van der Waals surface area contributed by atoms with Crippen molar-refractivity contribution >= 4 is 23.0 Å². The predicted octanol–water partition coefficient (Wildman–Crippen LogP) is 5.39. The lowest BCUT2D eigenvalue weighted by Gasteiger charge is -2.31. The van der Waals surface area contributed by atoms with Crippen LogP contribution in [0.1, 0.15) is 44.6 Å². The molecule has 0 aliphatic carbocycles. The molecule has 4 heteroatoms. The van der Waals surface area contributed by atoms with Gasteiger partial charge in [0.25, 0.3) is 0 Å². The Morgan fingerprint density at radius 1 is 1.17 bits per heavy atom. The van der Waals surface area contributed by atoms with Gasteiger partial charge in [-0.3, -0.25) is 0 Å². The lowest BCUT2D eigenvalue weighted by Crippen LogP contribution is -2.38.